The first-order chi connectivity index (χ1) is 9.21. The molecule has 0 aliphatic heterocycles. The summed E-state index contributed by atoms with van der Waals surface area (Å²) in [5, 5.41) is 0. The molecule has 7 heteroatoms. The predicted molar refractivity (Wildman–Crippen MR) is 71.6 cm³/mol. The van der Waals surface area contributed by atoms with Crippen molar-refractivity contribution in [3.05, 3.63) is 55.4 Å². The van der Waals surface area contributed by atoms with E-state index in [1.54, 1.807) is 6.92 Å². The van der Waals surface area contributed by atoms with Gasteiger partial charge in [0.1, 0.15) is 5.82 Å². The van der Waals surface area contributed by atoms with Crippen molar-refractivity contribution in [2.45, 2.75) is 13.1 Å². The second kappa shape index (κ2) is 5.29. The van der Waals surface area contributed by atoms with Gasteiger partial charge in [-0.3, -0.25) is 4.79 Å². The summed E-state index contributed by atoms with van der Waals surface area (Å²) in [6, 6.07) is 4.17. The number of ketones is 1. The van der Waals surface area contributed by atoms with Crippen LogP contribution in [0.15, 0.2) is 28.1 Å². The SMILES string of the molecule is Cc1sc(Br)cc1C(=O)c1cccc(C(F)(F)F)c1F. The van der Waals surface area contributed by atoms with Crippen LogP contribution in [0.5, 0.6) is 0 Å². The number of carbonyl (C=O) groups is 1. The molecule has 0 unspecified atom stereocenters. The first-order valence-corrected chi connectivity index (χ1v) is 6.99. The van der Waals surface area contributed by atoms with Crippen molar-refractivity contribution >= 4 is 33.0 Å². The molecule has 0 amide bonds. The van der Waals surface area contributed by atoms with Gasteiger partial charge in [-0.1, -0.05) is 6.07 Å². The van der Waals surface area contributed by atoms with E-state index in [1.807, 2.05) is 0 Å². The third-order valence-corrected chi connectivity index (χ3v) is 4.23. The maximum atomic E-state index is 13.9. The molecule has 0 N–H and O–H groups in total. The fourth-order valence-corrected chi connectivity index (χ4v) is 3.43. The van der Waals surface area contributed by atoms with Gasteiger partial charge in [-0.15, -0.1) is 11.3 Å². The van der Waals surface area contributed by atoms with Crippen LogP contribution in [-0.4, -0.2) is 5.78 Å². The van der Waals surface area contributed by atoms with Gasteiger partial charge in [0.2, 0.25) is 0 Å². The number of alkyl halides is 3. The number of carbonyl (C=O) groups excluding carboxylic acids is 1. The highest BCUT2D eigenvalue weighted by molar-refractivity contribution is 9.11. The lowest BCUT2D eigenvalue weighted by Crippen LogP contribution is -2.13. The van der Waals surface area contributed by atoms with Gasteiger partial charge in [-0.05, 0) is 41.1 Å². The lowest BCUT2D eigenvalue weighted by Gasteiger charge is -2.10. The van der Waals surface area contributed by atoms with E-state index in [0.29, 0.717) is 14.7 Å². The van der Waals surface area contributed by atoms with Crippen LogP contribution in [0.25, 0.3) is 0 Å². The van der Waals surface area contributed by atoms with E-state index in [0.717, 1.165) is 12.1 Å². The number of rotatable bonds is 2. The molecule has 1 heterocycles. The summed E-state index contributed by atoms with van der Waals surface area (Å²) in [6.45, 7) is 1.65. The second-order valence-electron chi connectivity index (χ2n) is 4.01. The molecule has 0 fully saturated rings. The van der Waals surface area contributed by atoms with Crippen molar-refractivity contribution in [3.8, 4) is 0 Å². The number of thiophene rings is 1. The zero-order valence-electron chi connectivity index (χ0n) is 10.0. The lowest BCUT2D eigenvalue weighted by atomic mass is 10.0. The summed E-state index contributed by atoms with van der Waals surface area (Å²) >= 11 is 4.44. The third-order valence-electron chi connectivity index (χ3n) is 2.68. The van der Waals surface area contributed by atoms with Gasteiger partial charge < -0.3 is 0 Å². The van der Waals surface area contributed by atoms with Crippen molar-refractivity contribution in [3.63, 3.8) is 0 Å². The van der Waals surface area contributed by atoms with Gasteiger partial charge in [-0.2, -0.15) is 13.2 Å². The van der Waals surface area contributed by atoms with Crippen LogP contribution >= 0.6 is 27.3 Å². The molecule has 0 aliphatic carbocycles. The van der Waals surface area contributed by atoms with Crippen LogP contribution in [0.4, 0.5) is 17.6 Å². The quantitative estimate of drug-likeness (QED) is 0.526. The summed E-state index contributed by atoms with van der Waals surface area (Å²) in [4.78, 5) is 12.8. The third kappa shape index (κ3) is 2.78. The lowest BCUT2D eigenvalue weighted by molar-refractivity contribution is -0.140. The zero-order chi connectivity index (χ0) is 15.1. The Hall–Kier alpha value is -1.21. The Kier molecular flexibility index (Phi) is 4.02. The van der Waals surface area contributed by atoms with E-state index in [4.69, 9.17) is 0 Å². The Balaban J connectivity index is 2.54. The normalized spacial score (nSPS) is 11.7. The van der Waals surface area contributed by atoms with Gasteiger partial charge in [-0.25, -0.2) is 4.39 Å². The van der Waals surface area contributed by atoms with Gasteiger partial charge in [0.05, 0.1) is 14.9 Å². The first-order valence-electron chi connectivity index (χ1n) is 5.38. The van der Waals surface area contributed by atoms with Crippen molar-refractivity contribution in [2.24, 2.45) is 0 Å². The van der Waals surface area contributed by atoms with E-state index in [2.05, 4.69) is 15.9 Å². The summed E-state index contributed by atoms with van der Waals surface area (Å²) in [7, 11) is 0. The zero-order valence-corrected chi connectivity index (χ0v) is 12.4. The van der Waals surface area contributed by atoms with Crippen molar-refractivity contribution in [1.82, 2.24) is 0 Å². The van der Waals surface area contributed by atoms with Gasteiger partial charge >= 0.3 is 6.18 Å². The molecular weight excluding hydrogens is 360 g/mol. The van der Waals surface area contributed by atoms with Crippen LogP contribution in [0.2, 0.25) is 0 Å². The Morgan fingerprint density at radius 2 is 1.90 bits per heavy atom. The predicted octanol–water partition coefficient (Wildman–Crippen LogP) is 5.21. The summed E-state index contributed by atoms with van der Waals surface area (Å²) in [5.74, 6) is -2.29. The minimum Gasteiger partial charge on any atom is -0.288 e. The molecule has 0 saturated heterocycles. The highest BCUT2D eigenvalue weighted by Crippen LogP contribution is 2.34. The molecule has 1 nitrogen and oxygen atoms in total. The number of aryl methyl sites for hydroxylation is 1. The molecule has 0 spiro atoms. The second-order valence-corrected chi connectivity index (χ2v) is 6.65. The Labute approximate surface area is 124 Å². The molecule has 0 atom stereocenters. The van der Waals surface area contributed by atoms with E-state index < -0.39 is 28.9 Å². The Morgan fingerprint density at radius 3 is 2.40 bits per heavy atom. The molecule has 1 aromatic carbocycles. The van der Waals surface area contributed by atoms with Gasteiger partial charge in [0.15, 0.2) is 5.78 Å². The van der Waals surface area contributed by atoms with E-state index in [1.165, 1.54) is 17.4 Å². The fraction of sp³-hybridized carbons (Fsp3) is 0.154. The van der Waals surface area contributed by atoms with Gasteiger partial charge in [0, 0.05) is 10.4 Å². The fourth-order valence-electron chi connectivity index (χ4n) is 1.74. The Morgan fingerprint density at radius 1 is 1.25 bits per heavy atom. The summed E-state index contributed by atoms with van der Waals surface area (Å²) < 4.78 is 52.4. The molecule has 0 bridgehead atoms. The summed E-state index contributed by atoms with van der Waals surface area (Å²) in [5.41, 5.74) is -1.82. The van der Waals surface area contributed by atoms with E-state index in [9.17, 15) is 22.4 Å². The maximum absolute atomic E-state index is 13.9. The molecule has 1 aromatic heterocycles. The number of hydrogen-bond acceptors (Lipinski definition) is 2. The first kappa shape index (κ1) is 15.2. The van der Waals surface area contributed by atoms with Crippen molar-refractivity contribution < 1.29 is 22.4 Å². The average molecular weight is 367 g/mol. The minimum absolute atomic E-state index is 0.195. The molecule has 2 aromatic rings. The smallest absolute Gasteiger partial charge is 0.288 e. The number of halogens is 5. The Bertz CT molecular complexity index is 675. The molecular formula is C13H7BrF4OS. The molecule has 0 aliphatic rings. The van der Waals surface area contributed by atoms with Crippen LogP contribution in [0.1, 0.15) is 26.4 Å². The molecule has 0 saturated carbocycles. The van der Waals surface area contributed by atoms with Crippen LogP contribution < -0.4 is 0 Å². The average Bonchev–Trinajstić information content (AvgIpc) is 2.66. The van der Waals surface area contributed by atoms with E-state index >= 15 is 0 Å². The maximum Gasteiger partial charge on any atom is 0.419 e. The summed E-state index contributed by atoms with van der Waals surface area (Å²) in [6.07, 6.45) is -4.83. The minimum atomic E-state index is -4.83. The molecule has 106 valence electrons. The van der Waals surface area contributed by atoms with Gasteiger partial charge in [0.25, 0.3) is 0 Å². The van der Waals surface area contributed by atoms with Crippen molar-refractivity contribution in [1.29, 1.82) is 0 Å². The highest BCUT2D eigenvalue weighted by atomic mass is 79.9. The highest BCUT2D eigenvalue weighted by Gasteiger charge is 2.36. The number of benzene rings is 1. The van der Waals surface area contributed by atoms with Crippen LogP contribution in [0.3, 0.4) is 0 Å². The van der Waals surface area contributed by atoms with Crippen molar-refractivity contribution in [2.75, 3.05) is 0 Å². The van der Waals surface area contributed by atoms with E-state index in [-0.39, 0.29) is 5.56 Å². The molecule has 2 rings (SSSR count). The largest absolute Gasteiger partial charge is 0.419 e. The monoisotopic (exact) mass is 366 g/mol. The standard InChI is InChI=1S/C13H7BrF4OS/c1-6-8(5-10(14)20-6)12(19)7-3-2-4-9(11(7)15)13(16,17)18/h2-5H,1H3. The van der Waals surface area contributed by atoms with Crippen LogP contribution in [-0.2, 0) is 6.18 Å². The molecule has 0 radical (unpaired) electrons. The topological polar surface area (TPSA) is 17.1 Å². The number of hydrogen-bond donors (Lipinski definition) is 0. The van der Waals surface area contributed by atoms with Crippen LogP contribution in [0, 0.1) is 12.7 Å². The molecule has 20 heavy (non-hydrogen) atoms.